The summed E-state index contributed by atoms with van der Waals surface area (Å²) in [6, 6.07) is 7.81. The number of oxazole rings is 1. The molecule has 1 atom stereocenters. The van der Waals surface area contributed by atoms with Crippen LogP contribution < -0.4 is 0 Å². The van der Waals surface area contributed by atoms with Crippen LogP contribution in [0.25, 0.3) is 11.3 Å². The van der Waals surface area contributed by atoms with Crippen LogP contribution in [0.5, 0.6) is 0 Å². The maximum atomic E-state index is 5.96. The van der Waals surface area contributed by atoms with Crippen LogP contribution in [0.15, 0.2) is 40.0 Å². The minimum Gasteiger partial charge on any atom is -0.440 e. The Bertz CT molecular complexity index is 906. The van der Waals surface area contributed by atoms with E-state index in [2.05, 4.69) is 52.6 Å². The highest BCUT2D eigenvalue weighted by Gasteiger charge is 2.22. The van der Waals surface area contributed by atoms with E-state index in [1.165, 1.54) is 0 Å². The fourth-order valence-corrected chi connectivity index (χ4v) is 4.16. The zero-order valence-electron chi connectivity index (χ0n) is 17.4. The molecule has 0 radical (unpaired) electrons. The van der Waals surface area contributed by atoms with Crippen molar-refractivity contribution in [1.82, 2.24) is 24.6 Å². The first-order valence-corrected chi connectivity index (χ1v) is 11.3. The first-order chi connectivity index (χ1) is 14.0. The second kappa shape index (κ2) is 10.3. The van der Waals surface area contributed by atoms with E-state index in [1.807, 2.05) is 24.3 Å². The molecule has 3 rings (SSSR count). The molecule has 0 aliphatic rings. The monoisotopic (exact) mass is 433 g/mol. The number of hydrogen-bond donors (Lipinski definition) is 0. The van der Waals surface area contributed by atoms with Crippen LogP contribution in [-0.4, -0.2) is 38.7 Å². The lowest BCUT2D eigenvalue weighted by Gasteiger charge is -2.23. The fourth-order valence-electron chi connectivity index (χ4n) is 3.21. The van der Waals surface area contributed by atoms with Crippen LogP contribution in [0.4, 0.5) is 0 Å². The molecule has 0 spiro atoms. The molecule has 0 bridgehead atoms. The van der Waals surface area contributed by atoms with Gasteiger partial charge in [0.15, 0.2) is 16.7 Å². The number of nitrogens with zero attached hydrogens (tertiary/aromatic N) is 5. The summed E-state index contributed by atoms with van der Waals surface area (Å²) in [6.07, 6.45) is 4.98. The van der Waals surface area contributed by atoms with E-state index in [-0.39, 0.29) is 6.04 Å². The van der Waals surface area contributed by atoms with Crippen LogP contribution in [0.2, 0.25) is 5.02 Å². The summed E-state index contributed by atoms with van der Waals surface area (Å²) in [6.45, 7) is 5.31. The Morgan fingerprint density at radius 2 is 1.93 bits per heavy atom. The summed E-state index contributed by atoms with van der Waals surface area (Å²) in [4.78, 5) is 6.62. The standard InChI is InChI=1S/C21H28ClN5OS/c1-5-7-12-27-20(17(6-2)26(3)4)24-25-21(27)29-14-19-23-13-18(28-19)15-8-10-16(22)11-9-15/h8-11,13,17H,5-7,12,14H2,1-4H3. The van der Waals surface area contributed by atoms with Gasteiger partial charge in [0.25, 0.3) is 0 Å². The van der Waals surface area contributed by atoms with Gasteiger partial charge in [-0.1, -0.05) is 43.6 Å². The van der Waals surface area contributed by atoms with E-state index in [9.17, 15) is 0 Å². The summed E-state index contributed by atoms with van der Waals surface area (Å²) in [7, 11) is 4.18. The molecule has 29 heavy (non-hydrogen) atoms. The van der Waals surface area contributed by atoms with Gasteiger partial charge >= 0.3 is 0 Å². The van der Waals surface area contributed by atoms with Gasteiger partial charge in [-0.3, -0.25) is 4.90 Å². The molecule has 0 amide bonds. The molecule has 0 aliphatic heterocycles. The van der Waals surface area contributed by atoms with Crippen molar-refractivity contribution < 1.29 is 4.42 Å². The Morgan fingerprint density at radius 3 is 2.59 bits per heavy atom. The Balaban J connectivity index is 1.74. The van der Waals surface area contributed by atoms with Crippen molar-refractivity contribution in [2.24, 2.45) is 0 Å². The van der Waals surface area contributed by atoms with Crippen molar-refractivity contribution >= 4 is 23.4 Å². The van der Waals surface area contributed by atoms with Gasteiger partial charge in [0.1, 0.15) is 0 Å². The topological polar surface area (TPSA) is 60.0 Å². The second-order valence-corrected chi connectivity index (χ2v) is 8.53. The Kier molecular flexibility index (Phi) is 7.75. The van der Waals surface area contributed by atoms with Gasteiger partial charge in [0.05, 0.1) is 18.0 Å². The van der Waals surface area contributed by atoms with Crippen molar-refractivity contribution in [1.29, 1.82) is 0 Å². The van der Waals surface area contributed by atoms with E-state index in [0.29, 0.717) is 16.7 Å². The fraction of sp³-hybridized carbons (Fsp3) is 0.476. The maximum absolute atomic E-state index is 5.96. The lowest BCUT2D eigenvalue weighted by Crippen LogP contribution is -2.23. The number of hydrogen-bond acceptors (Lipinski definition) is 6. The third-order valence-electron chi connectivity index (χ3n) is 4.80. The molecule has 2 aromatic heterocycles. The van der Waals surface area contributed by atoms with Crippen LogP contribution in [0, 0.1) is 0 Å². The highest BCUT2D eigenvalue weighted by Crippen LogP contribution is 2.29. The second-order valence-electron chi connectivity index (χ2n) is 7.15. The molecule has 0 aliphatic carbocycles. The molecule has 3 aromatic rings. The van der Waals surface area contributed by atoms with Gasteiger partial charge in [0.2, 0.25) is 5.89 Å². The van der Waals surface area contributed by atoms with Crippen LogP contribution >= 0.6 is 23.4 Å². The zero-order valence-corrected chi connectivity index (χ0v) is 19.0. The summed E-state index contributed by atoms with van der Waals surface area (Å²) >= 11 is 7.57. The van der Waals surface area contributed by atoms with Gasteiger partial charge in [-0.25, -0.2) is 4.98 Å². The quantitative estimate of drug-likeness (QED) is 0.382. The summed E-state index contributed by atoms with van der Waals surface area (Å²) < 4.78 is 8.18. The molecule has 2 heterocycles. The minimum absolute atomic E-state index is 0.256. The van der Waals surface area contributed by atoms with Crippen molar-refractivity contribution in [2.75, 3.05) is 14.1 Å². The van der Waals surface area contributed by atoms with E-state index < -0.39 is 0 Å². The summed E-state index contributed by atoms with van der Waals surface area (Å²) in [5.41, 5.74) is 0.961. The molecule has 156 valence electrons. The van der Waals surface area contributed by atoms with Gasteiger partial charge in [0, 0.05) is 17.1 Å². The Labute approximate surface area is 181 Å². The molecule has 8 heteroatoms. The molecule has 1 aromatic carbocycles. The molecule has 1 unspecified atom stereocenters. The molecule has 0 saturated carbocycles. The Morgan fingerprint density at radius 1 is 1.17 bits per heavy atom. The molecular weight excluding hydrogens is 406 g/mol. The zero-order chi connectivity index (χ0) is 20.8. The average Bonchev–Trinajstić information content (AvgIpc) is 3.33. The van der Waals surface area contributed by atoms with Gasteiger partial charge in [-0.2, -0.15) is 0 Å². The third kappa shape index (κ3) is 5.41. The third-order valence-corrected chi connectivity index (χ3v) is 6.00. The van der Waals surface area contributed by atoms with Crippen LogP contribution in [-0.2, 0) is 12.3 Å². The molecule has 0 fully saturated rings. The molecule has 0 N–H and O–H groups in total. The van der Waals surface area contributed by atoms with Gasteiger partial charge in [-0.05, 0) is 51.2 Å². The van der Waals surface area contributed by atoms with Crippen LogP contribution in [0.3, 0.4) is 0 Å². The van der Waals surface area contributed by atoms with Crippen LogP contribution in [0.1, 0.15) is 50.9 Å². The minimum atomic E-state index is 0.256. The van der Waals surface area contributed by atoms with Crippen molar-refractivity contribution in [3.8, 4) is 11.3 Å². The van der Waals surface area contributed by atoms with E-state index >= 15 is 0 Å². The Hall–Kier alpha value is -1.83. The first kappa shape index (κ1) is 21.9. The predicted molar refractivity (Wildman–Crippen MR) is 118 cm³/mol. The van der Waals surface area contributed by atoms with E-state index in [0.717, 1.165) is 48.1 Å². The summed E-state index contributed by atoms with van der Waals surface area (Å²) in [5.74, 6) is 3.05. The number of aromatic nitrogens is 4. The van der Waals surface area contributed by atoms with Crippen molar-refractivity contribution in [3.05, 3.63) is 47.2 Å². The van der Waals surface area contributed by atoms with E-state index in [4.69, 9.17) is 16.0 Å². The molecule has 6 nitrogen and oxygen atoms in total. The normalized spacial score (nSPS) is 12.6. The number of rotatable bonds is 10. The number of benzene rings is 1. The maximum Gasteiger partial charge on any atom is 0.205 e. The molecular formula is C21H28ClN5OS. The van der Waals surface area contributed by atoms with E-state index in [1.54, 1.807) is 18.0 Å². The lowest BCUT2D eigenvalue weighted by molar-refractivity contribution is 0.270. The highest BCUT2D eigenvalue weighted by atomic mass is 35.5. The summed E-state index contributed by atoms with van der Waals surface area (Å²) in [5, 5.41) is 10.6. The predicted octanol–water partition coefficient (Wildman–Crippen LogP) is 5.69. The smallest absolute Gasteiger partial charge is 0.205 e. The van der Waals surface area contributed by atoms with Crippen molar-refractivity contribution in [3.63, 3.8) is 0 Å². The highest BCUT2D eigenvalue weighted by molar-refractivity contribution is 7.98. The van der Waals surface area contributed by atoms with Gasteiger partial charge < -0.3 is 8.98 Å². The lowest BCUT2D eigenvalue weighted by atomic mass is 10.2. The number of unbranched alkanes of at least 4 members (excludes halogenated alkanes) is 1. The largest absolute Gasteiger partial charge is 0.440 e. The first-order valence-electron chi connectivity index (χ1n) is 9.96. The van der Waals surface area contributed by atoms with Crippen molar-refractivity contribution in [2.45, 2.75) is 56.6 Å². The number of halogens is 1. The molecule has 0 saturated heterocycles. The van der Waals surface area contributed by atoms with Gasteiger partial charge in [-0.15, -0.1) is 10.2 Å². The SMILES string of the molecule is CCCCn1c(SCc2ncc(-c3ccc(Cl)cc3)o2)nnc1C(CC)N(C)C. The number of thioether (sulfide) groups is 1. The average molecular weight is 434 g/mol.